The molecule has 2 heterocycles. The molecule has 2 N–H and O–H groups in total. The maximum Gasteiger partial charge on any atom is 0.216 e. The summed E-state index contributed by atoms with van der Waals surface area (Å²) in [6.45, 7) is 6.20. The lowest BCUT2D eigenvalue weighted by Crippen LogP contribution is -2.05. The highest BCUT2D eigenvalue weighted by molar-refractivity contribution is 5.42. The molecule has 0 amide bonds. The number of hydrogen-bond acceptors (Lipinski definition) is 5. The molecule has 22 heavy (non-hydrogen) atoms. The minimum Gasteiger partial charge on any atom is -0.481 e. The Balaban J connectivity index is 2.11. The van der Waals surface area contributed by atoms with Crippen LogP contribution < -0.4 is 15.2 Å². The van der Waals surface area contributed by atoms with Crippen molar-refractivity contribution in [3.63, 3.8) is 0 Å². The molecule has 0 fully saturated rings. The largest absolute Gasteiger partial charge is 0.481 e. The monoisotopic (exact) mass is 299 g/mol. The van der Waals surface area contributed by atoms with E-state index in [-0.39, 0.29) is 6.61 Å². The summed E-state index contributed by atoms with van der Waals surface area (Å²) < 4.78 is 10.9. The van der Waals surface area contributed by atoms with E-state index in [2.05, 4.69) is 23.5 Å². The van der Waals surface area contributed by atoms with E-state index in [0.29, 0.717) is 29.1 Å². The number of anilines is 1. The van der Waals surface area contributed by atoms with Crippen LogP contribution in [0.3, 0.4) is 0 Å². The quantitative estimate of drug-likeness (QED) is 0.796. The Labute approximate surface area is 130 Å². The second kappa shape index (κ2) is 7.45. The molecule has 5 heteroatoms. The van der Waals surface area contributed by atoms with Crippen LogP contribution in [0.25, 0.3) is 0 Å². The highest BCUT2D eigenvalue weighted by Gasteiger charge is 2.09. The second-order valence-corrected chi connectivity index (χ2v) is 5.11. The van der Waals surface area contributed by atoms with Gasteiger partial charge in [0.2, 0.25) is 11.8 Å². The van der Waals surface area contributed by atoms with E-state index >= 15 is 0 Å². The van der Waals surface area contributed by atoms with Crippen molar-refractivity contribution in [2.24, 2.45) is 5.92 Å². The lowest BCUT2D eigenvalue weighted by atomic mass is 10.0. The van der Waals surface area contributed by atoms with Crippen LogP contribution >= 0.6 is 0 Å². The Morgan fingerprint density at radius 1 is 1.41 bits per heavy atom. The maximum absolute atomic E-state index is 5.82. The predicted octanol–water partition coefficient (Wildman–Crippen LogP) is 3.01. The number of allylic oxidation sites excluding steroid dienone is 1. The molecule has 0 spiro atoms. The zero-order chi connectivity index (χ0) is 15.9. The summed E-state index contributed by atoms with van der Waals surface area (Å²) >= 11 is 0. The molecule has 0 aromatic carbocycles. The number of nitrogen functional groups attached to an aromatic ring is 1. The van der Waals surface area contributed by atoms with E-state index < -0.39 is 0 Å². The average molecular weight is 299 g/mol. The van der Waals surface area contributed by atoms with Gasteiger partial charge >= 0.3 is 0 Å². The number of methoxy groups -OCH3 is 1. The van der Waals surface area contributed by atoms with Crippen molar-refractivity contribution in [1.82, 2.24) is 9.97 Å². The molecular weight excluding hydrogens is 278 g/mol. The molecule has 2 aromatic rings. The number of pyridine rings is 2. The van der Waals surface area contributed by atoms with Crippen LogP contribution in [-0.2, 0) is 13.0 Å². The molecule has 0 saturated carbocycles. The normalized spacial score (nSPS) is 11.7. The predicted molar refractivity (Wildman–Crippen MR) is 86.8 cm³/mol. The molecule has 2 aromatic heterocycles. The number of nitrogens with zero attached hydrogens (tertiary/aromatic N) is 2. The molecule has 0 aliphatic carbocycles. The van der Waals surface area contributed by atoms with Gasteiger partial charge < -0.3 is 15.2 Å². The van der Waals surface area contributed by atoms with Gasteiger partial charge in [0.05, 0.1) is 12.8 Å². The number of hydrogen-bond donors (Lipinski definition) is 1. The van der Waals surface area contributed by atoms with Crippen molar-refractivity contribution in [2.75, 3.05) is 12.8 Å². The van der Waals surface area contributed by atoms with Gasteiger partial charge in [-0.25, -0.2) is 9.97 Å². The average Bonchev–Trinajstić information content (AvgIpc) is 2.53. The first-order valence-electron chi connectivity index (χ1n) is 7.12. The topological polar surface area (TPSA) is 70.3 Å². The van der Waals surface area contributed by atoms with Gasteiger partial charge in [0.25, 0.3) is 0 Å². The van der Waals surface area contributed by atoms with Crippen LogP contribution in [0.4, 0.5) is 5.69 Å². The van der Waals surface area contributed by atoms with E-state index in [0.717, 1.165) is 12.0 Å². The minimum atomic E-state index is 0.286. The number of rotatable bonds is 7. The van der Waals surface area contributed by atoms with Crippen molar-refractivity contribution in [3.8, 4) is 11.8 Å². The lowest BCUT2D eigenvalue weighted by molar-refractivity contribution is 0.282. The molecular formula is C17H21N3O2. The van der Waals surface area contributed by atoms with E-state index in [4.69, 9.17) is 15.2 Å². The first-order chi connectivity index (χ1) is 10.6. The fourth-order valence-electron chi connectivity index (χ4n) is 2.04. The third-order valence-corrected chi connectivity index (χ3v) is 3.24. The lowest BCUT2D eigenvalue weighted by Gasteiger charge is -2.12. The second-order valence-electron chi connectivity index (χ2n) is 5.11. The van der Waals surface area contributed by atoms with Crippen molar-refractivity contribution >= 4 is 5.69 Å². The third kappa shape index (κ3) is 4.22. The summed E-state index contributed by atoms with van der Waals surface area (Å²) in [6, 6.07) is 7.34. The Kier molecular flexibility index (Phi) is 5.36. The zero-order valence-electron chi connectivity index (χ0n) is 13.0. The summed E-state index contributed by atoms with van der Waals surface area (Å²) in [6.07, 6.45) is 4.46. The first-order valence-corrected chi connectivity index (χ1v) is 7.12. The Morgan fingerprint density at radius 3 is 2.95 bits per heavy atom. The smallest absolute Gasteiger partial charge is 0.216 e. The van der Waals surface area contributed by atoms with Crippen LogP contribution in [0.15, 0.2) is 43.1 Å². The SMILES string of the molecule is C=CC(C)Cc1cccnc1OCc1cc(N)cc(OC)n1. The number of aromatic nitrogens is 2. The van der Waals surface area contributed by atoms with Gasteiger partial charge in [-0.3, -0.25) is 0 Å². The summed E-state index contributed by atoms with van der Waals surface area (Å²) in [7, 11) is 1.56. The molecule has 0 saturated heterocycles. The van der Waals surface area contributed by atoms with Crippen LogP contribution in [0.2, 0.25) is 0 Å². The maximum atomic E-state index is 5.82. The molecule has 0 radical (unpaired) electrons. The summed E-state index contributed by atoms with van der Waals surface area (Å²) in [5, 5.41) is 0. The Bertz CT molecular complexity index is 644. The first kappa shape index (κ1) is 15.8. The van der Waals surface area contributed by atoms with Gasteiger partial charge in [0.1, 0.15) is 6.61 Å². The van der Waals surface area contributed by atoms with Crippen molar-refractivity contribution in [1.29, 1.82) is 0 Å². The van der Waals surface area contributed by atoms with Crippen molar-refractivity contribution < 1.29 is 9.47 Å². The van der Waals surface area contributed by atoms with E-state index in [1.165, 1.54) is 0 Å². The third-order valence-electron chi connectivity index (χ3n) is 3.24. The van der Waals surface area contributed by atoms with E-state index in [9.17, 15) is 0 Å². The highest BCUT2D eigenvalue weighted by Crippen LogP contribution is 2.21. The number of ether oxygens (including phenoxy) is 2. The van der Waals surface area contributed by atoms with Gasteiger partial charge in [-0.05, 0) is 24.5 Å². The fourth-order valence-corrected chi connectivity index (χ4v) is 2.04. The van der Waals surface area contributed by atoms with Crippen LogP contribution in [0.5, 0.6) is 11.8 Å². The Morgan fingerprint density at radius 2 is 2.23 bits per heavy atom. The van der Waals surface area contributed by atoms with Gasteiger partial charge in [0.15, 0.2) is 0 Å². The highest BCUT2D eigenvalue weighted by atomic mass is 16.5. The molecule has 1 unspecified atom stereocenters. The van der Waals surface area contributed by atoms with Gasteiger partial charge in [-0.2, -0.15) is 0 Å². The van der Waals surface area contributed by atoms with Crippen LogP contribution in [0, 0.1) is 5.92 Å². The van der Waals surface area contributed by atoms with Crippen LogP contribution in [-0.4, -0.2) is 17.1 Å². The van der Waals surface area contributed by atoms with Gasteiger partial charge in [-0.1, -0.05) is 19.1 Å². The van der Waals surface area contributed by atoms with Gasteiger partial charge in [0, 0.05) is 23.5 Å². The van der Waals surface area contributed by atoms with E-state index in [1.807, 2.05) is 18.2 Å². The summed E-state index contributed by atoms with van der Waals surface area (Å²) in [5.41, 5.74) is 8.15. The van der Waals surface area contributed by atoms with E-state index in [1.54, 1.807) is 25.4 Å². The molecule has 5 nitrogen and oxygen atoms in total. The molecule has 116 valence electrons. The fraction of sp³-hybridized carbons (Fsp3) is 0.294. The molecule has 0 aliphatic heterocycles. The van der Waals surface area contributed by atoms with Crippen LogP contribution in [0.1, 0.15) is 18.2 Å². The minimum absolute atomic E-state index is 0.286. The van der Waals surface area contributed by atoms with Gasteiger partial charge in [-0.15, -0.1) is 6.58 Å². The molecule has 1 atom stereocenters. The molecule has 2 rings (SSSR count). The molecule has 0 aliphatic rings. The Hall–Kier alpha value is -2.56. The van der Waals surface area contributed by atoms with Crippen molar-refractivity contribution in [2.45, 2.75) is 20.0 Å². The summed E-state index contributed by atoms with van der Waals surface area (Å²) in [5.74, 6) is 1.44. The van der Waals surface area contributed by atoms with Crippen molar-refractivity contribution in [3.05, 3.63) is 54.4 Å². The standard InChI is InChI=1S/C17H21N3O2/c1-4-12(2)8-13-6-5-7-19-17(13)22-11-15-9-14(18)10-16(20-15)21-3/h4-7,9-10,12H,1,8,11H2,2-3H3,(H2,18,20). The zero-order valence-corrected chi connectivity index (χ0v) is 13.0. The summed E-state index contributed by atoms with van der Waals surface area (Å²) in [4.78, 5) is 8.60. The number of nitrogens with two attached hydrogens (primary N) is 1. The molecule has 0 bridgehead atoms.